The summed E-state index contributed by atoms with van der Waals surface area (Å²) in [6.45, 7) is 0. The molecule has 1 amide bonds. The lowest BCUT2D eigenvalue weighted by Crippen LogP contribution is -2.12. The Morgan fingerprint density at radius 1 is 1.44 bits per heavy atom. The second kappa shape index (κ2) is 4.65. The molecule has 0 unspecified atom stereocenters. The average molecular weight is 328 g/mol. The Bertz CT molecular complexity index is 542. The minimum Gasteiger partial charge on any atom is -0.506 e. The highest BCUT2D eigenvalue weighted by molar-refractivity contribution is 14.1. The number of anilines is 1. The fraction of sp³-hybridized carbons (Fsp3) is 0.0909. The summed E-state index contributed by atoms with van der Waals surface area (Å²) in [6.07, 6.45) is 1.60. The van der Waals surface area contributed by atoms with Crippen LogP contribution >= 0.6 is 22.6 Å². The molecule has 0 aliphatic heterocycles. The van der Waals surface area contributed by atoms with Gasteiger partial charge in [-0.05, 0) is 24.3 Å². The quantitative estimate of drug-likeness (QED) is 0.505. The van der Waals surface area contributed by atoms with Gasteiger partial charge in [-0.1, -0.05) is 22.6 Å². The van der Waals surface area contributed by atoms with Crippen molar-refractivity contribution in [3.05, 3.63) is 30.5 Å². The smallest absolute Gasteiger partial charge is 0.234 e. The van der Waals surface area contributed by atoms with Gasteiger partial charge in [0.25, 0.3) is 0 Å². The predicted octanol–water partition coefficient (Wildman–Crippen LogP) is 2.31. The third kappa shape index (κ3) is 2.08. The van der Waals surface area contributed by atoms with E-state index in [0.717, 1.165) is 5.39 Å². The Morgan fingerprint density at radius 3 is 3.00 bits per heavy atom. The van der Waals surface area contributed by atoms with Crippen LogP contribution in [-0.4, -0.2) is 20.4 Å². The minimum absolute atomic E-state index is 0.0727. The fourth-order valence-corrected chi connectivity index (χ4v) is 1.64. The number of nitrogens with one attached hydrogen (secondary N) is 1. The summed E-state index contributed by atoms with van der Waals surface area (Å²) in [5.74, 6) is 0.0412. The average Bonchev–Trinajstić information content (AvgIpc) is 2.33. The van der Waals surface area contributed by atoms with Gasteiger partial charge in [0, 0.05) is 11.6 Å². The van der Waals surface area contributed by atoms with Gasteiger partial charge in [0.2, 0.25) is 5.91 Å². The summed E-state index contributed by atoms with van der Waals surface area (Å²) in [5.41, 5.74) is 1.16. The molecule has 0 saturated carbocycles. The van der Waals surface area contributed by atoms with Crippen LogP contribution in [0.25, 0.3) is 10.9 Å². The van der Waals surface area contributed by atoms with Crippen molar-refractivity contribution < 1.29 is 9.90 Å². The van der Waals surface area contributed by atoms with Crippen molar-refractivity contribution in [3.63, 3.8) is 0 Å². The number of rotatable bonds is 2. The summed E-state index contributed by atoms with van der Waals surface area (Å²) >= 11 is 1.99. The SMILES string of the molecule is O=C(CI)Nc1ccc(O)c2ncccc12. The molecule has 1 aromatic carbocycles. The van der Waals surface area contributed by atoms with Gasteiger partial charge < -0.3 is 10.4 Å². The molecule has 1 aromatic heterocycles. The number of aromatic hydroxyl groups is 1. The minimum atomic E-state index is -0.0727. The van der Waals surface area contributed by atoms with E-state index in [1.807, 2.05) is 28.7 Å². The number of carbonyl (C=O) groups is 1. The van der Waals surface area contributed by atoms with Crippen LogP contribution in [0.2, 0.25) is 0 Å². The third-order valence-electron chi connectivity index (χ3n) is 2.14. The predicted molar refractivity (Wildman–Crippen MR) is 70.9 cm³/mol. The number of nitrogens with zero attached hydrogens (tertiary/aromatic N) is 1. The first-order chi connectivity index (χ1) is 7.72. The molecular weight excluding hydrogens is 319 g/mol. The van der Waals surface area contributed by atoms with Crippen LogP contribution in [-0.2, 0) is 4.79 Å². The van der Waals surface area contributed by atoms with Gasteiger partial charge in [-0.3, -0.25) is 9.78 Å². The zero-order valence-corrected chi connectivity index (χ0v) is 10.4. The number of phenols is 1. The molecular formula is C11H9IN2O2. The zero-order valence-electron chi connectivity index (χ0n) is 8.27. The molecule has 0 spiro atoms. The van der Waals surface area contributed by atoms with Crippen molar-refractivity contribution in [3.8, 4) is 5.75 Å². The summed E-state index contributed by atoms with van der Waals surface area (Å²) in [4.78, 5) is 15.4. The standard InChI is InChI=1S/C11H9IN2O2/c12-6-10(16)14-8-3-4-9(15)11-7(8)2-1-5-13-11/h1-5,15H,6H2,(H,14,16). The fourth-order valence-electron chi connectivity index (χ4n) is 1.45. The summed E-state index contributed by atoms with van der Waals surface area (Å²) < 4.78 is 0.389. The van der Waals surface area contributed by atoms with E-state index in [1.54, 1.807) is 18.3 Å². The van der Waals surface area contributed by atoms with Crippen molar-refractivity contribution in [1.82, 2.24) is 4.98 Å². The Balaban J connectivity index is 2.54. The molecule has 4 nitrogen and oxygen atoms in total. The molecule has 0 saturated heterocycles. The van der Waals surface area contributed by atoms with Gasteiger partial charge in [0.1, 0.15) is 11.3 Å². The highest BCUT2D eigenvalue weighted by Crippen LogP contribution is 2.28. The summed E-state index contributed by atoms with van der Waals surface area (Å²) in [7, 11) is 0. The van der Waals surface area contributed by atoms with E-state index in [-0.39, 0.29) is 11.7 Å². The number of benzene rings is 1. The number of phenolic OH excluding ortho intramolecular Hbond substituents is 1. The number of halogens is 1. The number of amides is 1. The number of carbonyl (C=O) groups excluding carboxylic acids is 1. The number of hydrogen-bond donors (Lipinski definition) is 2. The van der Waals surface area contributed by atoms with E-state index in [9.17, 15) is 9.90 Å². The monoisotopic (exact) mass is 328 g/mol. The first kappa shape index (κ1) is 11.1. The van der Waals surface area contributed by atoms with Crippen LogP contribution < -0.4 is 5.32 Å². The van der Waals surface area contributed by atoms with Gasteiger partial charge in [0.05, 0.1) is 10.1 Å². The normalized spacial score (nSPS) is 10.3. The van der Waals surface area contributed by atoms with Crippen molar-refractivity contribution in [2.75, 3.05) is 9.74 Å². The van der Waals surface area contributed by atoms with Gasteiger partial charge >= 0.3 is 0 Å². The summed E-state index contributed by atoms with van der Waals surface area (Å²) in [5, 5.41) is 13.1. The molecule has 0 aliphatic carbocycles. The van der Waals surface area contributed by atoms with Gasteiger partial charge in [0.15, 0.2) is 0 Å². The Kier molecular flexibility index (Phi) is 3.23. The largest absolute Gasteiger partial charge is 0.506 e. The van der Waals surface area contributed by atoms with Crippen molar-refractivity contribution >= 4 is 45.1 Å². The topological polar surface area (TPSA) is 62.2 Å². The number of alkyl halides is 1. The zero-order chi connectivity index (χ0) is 11.5. The molecule has 0 atom stereocenters. The first-order valence-corrected chi connectivity index (χ1v) is 6.17. The summed E-state index contributed by atoms with van der Waals surface area (Å²) in [6, 6.07) is 6.77. The van der Waals surface area contributed by atoms with Crippen LogP contribution in [0, 0.1) is 0 Å². The molecule has 2 N–H and O–H groups in total. The van der Waals surface area contributed by atoms with Gasteiger partial charge in [-0.15, -0.1) is 0 Å². The molecule has 0 radical (unpaired) electrons. The van der Waals surface area contributed by atoms with Crippen LogP contribution in [0.15, 0.2) is 30.5 Å². The van der Waals surface area contributed by atoms with Gasteiger partial charge in [-0.25, -0.2) is 0 Å². The second-order valence-corrected chi connectivity index (χ2v) is 3.98. The number of fused-ring (bicyclic) bond motifs is 1. The lowest BCUT2D eigenvalue weighted by molar-refractivity contribution is -0.113. The molecule has 0 aliphatic rings. The van der Waals surface area contributed by atoms with Crippen molar-refractivity contribution in [2.24, 2.45) is 0 Å². The maximum absolute atomic E-state index is 11.3. The lowest BCUT2D eigenvalue weighted by Gasteiger charge is -2.07. The number of hydrogen-bond acceptors (Lipinski definition) is 3. The number of aromatic nitrogens is 1. The van der Waals surface area contributed by atoms with E-state index in [1.165, 1.54) is 6.07 Å². The molecule has 16 heavy (non-hydrogen) atoms. The first-order valence-electron chi connectivity index (χ1n) is 4.65. The molecule has 82 valence electrons. The molecule has 1 heterocycles. The highest BCUT2D eigenvalue weighted by atomic mass is 127. The van der Waals surface area contributed by atoms with Crippen LogP contribution in [0.4, 0.5) is 5.69 Å². The van der Waals surface area contributed by atoms with Gasteiger partial charge in [-0.2, -0.15) is 0 Å². The van der Waals surface area contributed by atoms with E-state index in [4.69, 9.17) is 0 Å². The maximum atomic E-state index is 11.3. The number of pyridine rings is 1. The van der Waals surface area contributed by atoms with E-state index in [2.05, 4.69) is 10.3 Å². The Hall–Kier alpha value is -1.37. The Morgan fingerprint density at radius 2 is 2.25 bits per heavy atom. The van der Waals surface area contributed by atoms with Crippen molar-refractivity contribution in [2.45, 2.75) is 0 Å². The second-order valence-electron chi connectivity index (χ2n) is 3.21. The highest BCUT2D eigenvalue weighted by Gasteiger charge is 2.07. The molecule has 2 rings (SSSR count). The lowest BCUT2D eigenvalue weighted by atomic mass is 10.1. The molecule has 5 heteroatoms. The van der Waals surface area contributed by atoms with Crippen LogP contribution in [0.1, 0.15) is 0 Å². The third-order valence-corrected chi connectivity index (χ3v) is 2.84. The van der Waals surface area contributed by atoms with Crippen molar-refractivity contribution in [1.29, 1.82) is 0 Å². The Labute approximate surface area is 106 Å². The molecule has 0 bridgehead atoms. The molecule has 0 fully saturated rings. The van der Waals surface area contributed by atoms with E-state index >= 15 is 0 Å². The van der Waals surface area contributed by atoms with Crippen LogP contribution in [0.3, 0.4) is 0 Å². The molecule has 2 aromatic rings. The maximum Gasteiger partial charge on any atom is 0.234 e. The van der Waals surface area contributed by atoms with Crippen LogP contribution in [0.5, 0.6) is 5.75 Å². The van der Waals surface area contributed by atoms with E-state index < -0.39 is 0 Å². The van der Waals surface area contributed by atoms with E-state index in [0.29, 0.717) is 15.6 Å².